The largest absolute Gasteiger partial charge is 0.378 e. The van der Waals surface area contributed by atoms with Crippen LogP contribution in [-0.4, -0.2) is 41.9 Å². The molecule has 3 rings (SSSR count). The number of hydrogen-bond donors (Lipinski definition) is 1. The van der Waals surface area contributed by atoms with Crippen LogP contribution in [0.3, 0.4) is 0 Å². The van der Waals surface area contributed by atoms with Crippen LogP contribution in [0.1, 0.15) is 56.0 Å². The van der Waals surface area contributed by atoms with Gasteiger partial charge in [-0.2, -0.15) is 0 Å². The monoisotopic (exact) mass is 335 g/mol. The number of urea groups is 1. The van der Waals surface area contributed by atoms with Crippen molar-refractivity contribution >= 4 is 6.03 Å². The van der Waals surface area contributed by atoms with Gasteiger partial charge in [0.2, 0.25) is 0 Å². The Labute approximate surface area is 143 Å². The van der Waals surface area contributed by atoms with Gasteiger partial charge >= 0.3 is 6.03 Å². The lowest BCUT2D eigenvalue weighted by Crippen LogP contribution is -2.64. The van der Waals surface area contributed by atoms with Crippen molar-refractivity contribution in [2.45, 2.75) is 71.6 Å². The first-order chi connectivity index (χ1) is 11.5. The zero-order chi connectivity index (χ0) is 17.3. The van der Waals surface area contributed by atoms with Gasteiger partial charge in [0, 0.05) is 30.7 Å². The zero-order valence-corrected chi connectivity index (χ0v) is 15.2. The van der Waals surface area contributed by atoms with Gasteiger partial charge in [0.25, 0.3) is 0 Å². The smallest absolute Gasteiger partial charge is 0.317 e. The number of hydrogen-bond acceptors (Lipinski definition) is 4. The van der Waals surface area contributed by atoms with Gasteiger partial charge in [0.15, 0.2) is 0 Å². The highest BCUT2D eigenvalue weighted by Crippen LogP contribution is 2.54. The van der Waals surface area contributed by atoms with Crippen LogP contribution in [0.5, 0.6) is 0 Å². The minimum Gasteiger partial charge on any atom is -0.378 e. The molecule has 2 fully saturated rings. The molecule has 6 nitrogen and oxygen atoms in total. The Bertz CT molecular complexity index is 573. The van der Waals surface area contributed by atoms with Gasteiger partial charge in [-0.1, -0.05) is 18.0 Å². The Hall–Kier alpha value is -1.56. The van der Waals surface area contributed by atoms with Gasteiger partial charge in [-0.3, -0.25) is 0 Å². The summed E-state index contributed by atoms with van der Waals surface area (Å²) in [5.74, 6) is 0.777. The second-order valence-electron chi connectivity index (χ2n) is 7.28. The number of nitrogens with one attached hydrogen (secondary N) is 1. The summed E-state index contributed by atoms with van der Waals surface area (Å²) in [7, 11) is 1.82. The summed E-state index contributed by atoms with van der Waals surface area (Å²) in [6.07, 6.45) is 6.05. The van der Waals surface area contributed by atoms with Crippen molar-refractivity contribution in [3.63, 3.8) is 0 Å². The quantitative estimate of drug-likeness (QED) is 0.897. The van der Waals surface area contributed by atoms with Gasteiger partial charge < -0.3 is 19.5 Å². The summed E-state index contributed by atoms with van der Waals surface area (Å²) in [4.78, 5) is 14.3. The van der Waals surface area contributed by atoms with Crippen LogP contribution in [0.15, 0.2) is 4.52 Å². The predicted molar refractivity (Wildman–Crippen MR) is 90.7 cm³/mol. The topological polar surface area (TPSA) is 67.6 Å². The summed E-state index contributed by atoms with van der Waals surface area (Å²) >= 11 is 0. The molecule has 0 bridgehead atoms. The molecule has 1 spiro atoms. The van der Waals surface area contributed by atoms with Crippen molar-refractivity contribution in [3.05, 3.63) is 17.0 Å². The number of ether oxygens (including phenoxy) is 1. The highest BCUT2D eigenvalue weighted by Gasteiger charge is 2.57. The van der Waals surface area contributed by atoms with Gasteiger partial charge in [-0.25, -0.2) is 4.79 Å². The maximum Gasteiger partial charge on any atom is 0.317 e. The van der Waals surface area contributed by atoms with E-state index in [2.05, 4.69) is 10.5 Å². The normalized spacial score (nSPS) is 24.8. The summed E-state index contributed by atoms with van der Waals surface area (Å²) in [5, 5.41) is 7.20. The summed E-state index contributed by atoms with van der Waals surface area (Å²) < 4.78 is 11.1. The standard InChI is InChI=1S/C18H29N3O3/c1-5-23-16-10-15(18(16)8-6-7-9-18)19-17(22)21(4)11-14-12(2)20-24-13(14)3/h15-16H,5-11H2,1-4H3,(H,19,22)/t15-,16-/m0/s1. The van der Waals surface area contributed by atoms with Crippen LogP contribution in [0.4, 0.5) is 4.79 Å². The fourth-order valence-corrected chi connectivity index (χ4v) is 4.38. The molecule has 2 aliphatic rings. The Kier molecular flexibility index (Phi) is 4.85. The lowest BCUT2D eigenvalue weighted by atomic mass is 9.60. The minimum atomic E-state index is -0.0266. The predicted octanol–water partition coefficient (Wildman–Crippen LogP) is 3.17. The van der Waals surface area contributed by atoms with Gasteiger partial charge in [0.1, 0.15) is 5.76 Å². The fraction of sp³-hybridized carbons (Fsp3) is 0.778. The van der Waals surface area contributed by atoms with Crippen LogP contribution >= 0.6 is 0 Å². The van der Waals surface area contributed by atoms with Crippen molar-refractivity contribution in [1.82, 2.24) is 15.4 Å². The summed E-state index contributed by atoms with van der Waals surface area (Å²) in [5.41, 5.74) is 2.00. The minimum absolute atomic E-state index is 0.0266. The maximum absolute atomic E-state index is 12.6. The van der Waals surface area contributed by atoms with Crippen molar-refractivity contribution in [3.8, 4) is 0 Å². The molecule has 2 saturated carbocycles. The van der Waals surface area contributed by atoms with Crippen molar-refractivity contribution in [1.29, 1.82) is 0 Å². The number of carbonyl (C=O) groups excluding carboxylic acids is 1. The SMILES string of the molecule is CCO[C@H]1C[C@H](NC(=O)N(C)Cc2c(C)noc2C)C12CCCC2. The van der Waals surface area contributed by atoms with E-state index in [0.717, 1.165) is 42.9 Å². The van der Waals surface area contributed by atoms with Crippen molar-refractivity contribution in [2.24, 2.45) is 5.41 Å². The molecular formula is C18H29N3O3. The zero-order valence-electron chi connectivity index (χ0n) is 15.2. The third-order valence-corrected chi connectivity index (χ3v) is 5.91. The summed E-state index contributed by atoms with van der Waals surface area (Å²) in [6, 6.07) is 0.206. The van der Waals surface area contributed by atoms with Crippen LogP contribution < -0.4 is 5.32 Å². The van der Waals surface area contributed by atoms with Gasteiger partial charge in [-0.15, -0.1) is 0 Å². The Morgan fingerprint density at radius 3 is 2.71 bits per heavy atom. The van der Waals surface area contributed by atoms with Crippen molar-refractivity contribution in [2.75, 3.05) is 13.7 Å². The molecule has 0 saturated heterocycles. The molecule has 1 heterocycles. The molecule has 1 N–H and O–H groups in total. The molecule has 2 amide bonds. The average Bonchev–Trinajstić information content (AvgIpc) is 3.18. The van der Waals surface area contributed by atoms with E-state index in [-0.39, 0.29) is 17.5 Å². The van der Waals surface area contributed by atoms with E-state index in [1.807, 2.05) is 27.8 Å². The molecule has 2 aliphatic carbocycles. The fourth-order valence-electron chi connectivity index (χ4n) is 4.38. The second kappa shape index (κ2) is 6.75. The van der Waals surface area contributed by atoms with Crippen LogP contribution in [0.2, 0.25) is 0 Å². The Morgan fingerprint density at radius 1 is 1.42 bits per heavy atom. The molecule has 0 aliphatic heterocycles. The van der Waals surface area contributed by atoms with Crippen LogP contribution in [-0.2, 0) is 11.3 Å². The number of aromatic nitrogens is 1. The third-order valence-electron chi connectivity index (χ3n) is 5.91. The Balaban J connectivity index is 1.60. The van der Waals surface area contributed by atoms with E-state index in [1.54, 1.807) is 4.90 Å². The molecule has 0 aromatic carbocycles. The average molecular weight is 335 g/mol. The Morgan fingerprint density at radius 2 is 2.12 bits per heavy atom. The van der Waals surface area contributed by atoms with Crippen LogP contribution in [0.25, 0.3) is 0 Å². The second-order valence-corrected chi connectivity index (χ2v) is 7.28. The maximum atomic E-state index is 12.6. The number of amides is 2. The van der Waals surface area contributed by atoms with E-state index in [4.69, 9.17) is 9.26 Å². The number of rotatable bonds is 5. The number of carbonyl (C=O) groups is 1. The van der Waals surface area contributed by atoms with E-state index < -0.39 is 0 Å². The molecule has 6 heteroatoms. The highest BCUT2D eigenvalue weighted by atomic mass is 16.5. The van der Waals surface area contributed by atoms with Crippen molar-refractivity contribution < 1.29 is 14.1 Å². The van der Waals surface area contributed by atoms with E-state index in [9.17, 15) is 4.79 Å². The van der Waals surface area contributed by atoms with E-state index >= 15 is 0 Å². The molecular weight excluding hydrogens is 306 g/mol. The van der Waals surface area contributed by atoms with Crippen LogP contribution in [0, 0.1) is 19.3 Å². The first-order valence-corrected chi connectivity index (χ1v) is 9.03. The molecule has 24 heavy (non-hydrogen) atoms. The highest BCUT2D eigenvalue weighted by molar-refractivity contribution is 5.74. The first-order valence-electron chi connectivity index (χ1n) is 9.03. The molecule has 0 radical (unpaired) electrons. The molecule has 134 valence electrons. The lowest BCUT2D eigenvalue weighted by Gasteiger charge is -2.54. The van der Waals surface area contributed by atoms with Gasteiger partial charge in [-0.05, 0) is 40.0 Å². The number of aryl methyl sites for hydroxylation is 2. The van der Waals surface area contributed by atoms with E-state index in [1.165, 1.54) is 12.8 Å². The molecule has 1 aromatic heterocycles. The molecule has 2 atom stereocenters. The first kappa shape index (κ1) is 17.3. The summed E-state index contributed by atoms with van der Waals surface area (Å²) in [6.45, 7) is 7.10. The lowest BCUT2D eigenvalue weighted by molar-refractivity contribution is -0.127. The molecule has 1 aromatic rings. The molecule has 0 unspecified atom stereocenters. The third kappa shape index (κ3) is 2.92. The number of nitrogens with zero attached hydrogens (tertiary/aromatic N) is 2. The van der Waals surface area contributed by atoms with E-state index in [0.29, 0.717) is 12.6 Å². The van der Waals surface area contributed by atoms with Gasteiger partial charge in [0.05, 0.1) is 18.3 Å².